The molecule has 0 spiro atoms. The minimum Gasteiger partial charge on any atom is -0.465 e. The molecule has 2 heterocycles. The first-order valence-corrected chi connectivity index (χ1v) is 11.1. The number of methoxy groups -OCH3 is 2. The molecule has 0 bridgehead atoms. The summed E-state index contributed by atoms with van der Waals surface area (Å²) in [4.78, 5) is 42.9. The highest BCUT2D eigenvalue weighted by atomic mass is 16.6. The van der Waals surface area contributed by atoms with Gasteiger partial charge in [-0.25, -0.2) is 19.4 Å². The van der Waals surface area contributed by atoms with E-state index in [1.807, 2.05) is 0 Å². The van der Waals surface area contributed by atoms with E-state index in [-0.39, 0.29) is 17.8 Å². The van der Waals surface area contributed by atoms with Gasteiger partial charge in [0.15, 0.2) is 0 Å². The number of oxazole rings is 1. The molecule has 190 valence electrons. The van der Waals surface area contributed by atoms with Gasteiger partial charge >= 0.3 is 18.0 Å². The van der Waals surface area contributed by atoms with Crippen molar-refractivity contribution in [1.82, 2.24) is 10.3 Å². The summed E-state index contributed by atoms with van der Waals surface area (Å²) in [6.45, 7) is 7.26. The van der Waals surface area contributed by atoms with Crippen LogP contribution in [0.4, 0.5) is 10.5 Å². The van der Waals surface area contributed by atoms with E-state index in [9.17, 15) is 14.4 Å². The van der Waals surface area contributed by atoms with Crippen LogP contribution in [0.2, 0.25) is 0 Å². The number of ether oxygens (including phenoxy) is 3. The van der Waals surface area contributed by atoms with Gasteiger partial charge in [0.1, 0.15) is 22.8 Å². The van der Waals surface area contributed by atoms with E-state index in [1.54, 1.807) is 75.2 Å². The van der Waals surface area contributed by atoms with Crippen molar-refractivity contribution in [2.75, 3.05) is 19.1 Å². The lowest BCUT2D eigenvalue weighted by Gasteiger charge is -2.23. The fourth-order valence-electron chi connectivity index (χ4n) is 3.32. The maximum atomic E-state index is 12.6. The van der Waals surface area contributed by atoms with Crippen molar-refractivity contribution in [2.45, 2.75) is 39.8 Å². The SMILES string of the molecule is COC(=O)C1=C(C(=O)OC)N(c2ccc(-c3nc(CNC(=O)OC(C)(C)C)c(C)o3)cc2)C=CC=C1. The van der Waals surface area contributed by atoms with Crippen molar-refractivity contribution in [3.8, 4) is 11.5 Å². The molecular weight excluding hydrogens is 466 g/mol. The van der Waals surface area contributed by atoms with Crippen LogP contribution in [0.5, 0.6) is 0 Å². The van der Waals surface area contributed by atoms with Gasteiger partial charge in [-0.1, -0.05) is 6.08 Å². The summed E-state index contributed by atoms with van der Waals surface area (Å²) in [6.07, 6.45) is 5.91. The highest BCUT2D eigenvalue weighted by Crippen LogP contribution is 2.29. The summed E-state index contributed by atoms with van der Waals surface area (Å²) in [5.41, 5.74) is 1.32. The van der Waals surface area contributed by atoms with E-state index in [0.717, 1.165) is 0 Å². The Hall–Kier alpha value is -4.34. The van der Waals surface area contributed by atoms with E-state index in [2.05, 4.69) is 10.3 Å². The topological polar surface area (TPSA) is 120 Å². The lowest BCUT2D eigenvalue weighted by atomic mass is 10.1. The van der Waals surface area contributed by atoms with Crippen molar-refractivity contribution in [2.24, 2.45) is 0 Å². The number of aryl methyl sites for hydroxylation is 1. The standard InChI is InChI=1S/C26H29N3O7/c1-16-20(15-27-25(32)36-26(2,3)4)28-22(35-16)17-10-12-18(13-11-17)29-14-8-7-9-19(23(30)33-5)21(29)24(31)34-6/h7-14H,15H2,1-6H3,(H,27,32). The van der Waals surface area contributed by atoms with Crippen LogP contribution in [0.3, 0.4) is 0 Å². The van der Waals surface area contributed by atoms with Gasteiger partial charge in [0.2, 0.25) is 5.89 Å². The van der Waals surface area contributed by atoms with Crippen LogP contribution in [0.25, 0.3) is 11.5 Å². The number of anilines is 1. The zero-order valence-corrected chi connectivity index (χ0v) is 21.1. The molecule has 1 aliphatic rings. The summed E-state index contributed by atoms with van der Waals surface area (Å²) in [5.74, 6) is -0.432. The summed E-state index contributed by atoms with van der Waals surface area (Å²) in [6, 6.07) is 7.04. The number of allylic oxidation sites excluding steroid dienone is 2. The number of nitrogens with one attached hydrogen (secondary N) is 1. The predicted molar refractivity (Wildman–Crippen MR) is 132 cm³/mol. The average Bonchev–Trinajstić information content (AvgIpc) is 3.06. The van der Waals surface area contributed by atoms with Gasteiger partial charge in [0.25, 0.3) is 0 Å². The lowest BCUT2D eigenvalue weighted by molar-refractivity contribution is -0.139. The van der Waals surface area contributed by atoms with Gasteiger partial charge in [-0.3, -0.25) is 0 Å². The van der Waals surface area contributed by atoms with Crippen LogP contribution in [0, 0.1) is 6.92 Å². The molecule has 1 aliphatic heterocycles. The number of benzene rings is 1. The van der Waals surface area contributed by atoms with Crippen molar-refractivity contribution in [3.63, 3.8) is 0 Å². The fraction of sp³-hybridized carbons (Fsp3) is 0.308. The zero-order valence-electron chi connectivity index (χ0n) is 21.1. The number of carbonyl (C=O) groups is 3. The smallest absolute Gasteiger partial charge is 0.407 e. The Morgan fingerprint density at radius 2 is 1.69 bits per heavy atom. The van der Waals surface area contributed by atoms with Crippen LogP contribution in [-0.2, 0) is 30.3 Å². The van der Waals surface area contributed by atoms with E-state index < -0.39 is 23.6 Å². The predicted octanol–water partition coefficient (Wildman–Crippen LogP) is 4.16. The molecule has 10 nitrogen and oxygen atoms in total. The molecule has 1 aromatic heterocycles. The van der Waals surface area contributed by atoms with Crippen LogP contribution >= 0.6 is 0 Å². The molecule has 0 radical (unpaired) electrons. The normalized spacial score (nSPS) is 13.3. The second-order valence-electron chi connectivity index (χ2n) is 8.74. The molecule has 1 aromatic carbocycles. The molecule has 0 unspecified atom stereocenters. The first-order chi connectivity index (χ1) is 17.0. The molecule has 1 N–H and O–H groups in total. The Labute approximate surface area is 209 Å². The van der Waals surface area contributed by atoms with Crippen molar-refractivity contribution in [1.29, 1.82) is 0 Å². The van der Waals surface area contributed by atoms with Crippen LogP contribution in [0.1, 0.15) is 32.2 Å². The van der Waals surface area contributed by atoms with E-state index >= 15 is 0 Å². The van der Waals surface area contributed by atoms with Crippen LogP contribution < -0.4 is 10.2 Å². The molecule has 3 rings (SSSR count). The summed E-state index contributed by atoms with van der Waals surface area (Å²) >= 11 is 0. The number of carbonyl (C=O) groups excluding carboxylic acids is 3. The minimum atomic E-state index is -0.693. The maximum absolute atomic E-state index is 12.6. The molecule has 1 amide bonds. The van der Waals surface area contributed by atoms with Gasteiger partial charge in [-0.2, -0.15) is 0 Å². The molecule has 0 aliphatic carbocycles. The van der Waals surface area contributed by atoms with Crippen LogP contribution in [0.15, 0.2) is 64.4 Å². The van der Waals surface area contributed by atoms with Gasteiger partial charge in [-0.05, 0) is 64.1 Å². The number of hydrogen-bond donors (Lipinski definition) is 1. The average molecular weight is 496 g/mol. The third-order valence-corrected chi connectivity index (χ3v) is 4.97. The largest absolute Gasteiger partial charge is 0.465 e. The third-order valence-electron chi connectivity index (χ3n) is 4.97. The fourth-order valence-corrected chi connectivity index (χ4v) is 3.32. The van der Waals surface area contributed by atoms with Gasteiger partial charge in [0.05, 0.1) is 26.3 Å². The monoisotopic (exact) mass is 495 g/mol. The number of alkyl carbamates (subject to hydrolysis) is 1. The van der Waals surface area contributed by atoms with Gasteiger partial charge < -0.3 is 28.8 Å². The van der Waals surface area contributed by atoms with E-state index in [4.69, 9.17) is 18.6 Å². The lowest BCUT2D eigenvalue weighted by Crippen LogP contribution is -2.32. The number of amides is 1. The van der Waals surface area contributed by atoms with E-state index in [1.165, 1.54) is 20.3 Å². The Morgan fingerprint density at radius 1 is 1.03 bits per heavy atom. The summed E-state index contributed by atoms with van der Waals surface area (Å²) < 4.78 is 20.8. The Bertz CT molecular complexity index is 1230. The first kappa shape index (κ1) is 26.3. The first-order valence-electron chi connectivity index (χ1n) is 11.1. The van der Waals surface area contributed by atoms with Crippen LogP contribution in [-0.4, -0.2) is 42.8 Å². The second kappa shape index (κ2) is 10.9. The Morgan fingerprint density at radius 3 is 2.31 bits per heavy atom. The molecule has 0 saturated heterocycles. The van der Waals surface area contributed by atoms with E-state index in [0.29, 0.717) is 28.6 Å². The number of esters is 2. The van der Waals surface area contributed by atoms with Crippen molar-refractivity contribution >= 4 is 23.7 Å². The highest BCUT2D eigenvalue weighted by Gasteiger charge is 2.27. The second-order valence-corrected chi connectivity index (χ2v) is 8.74. The molecule has 0 saturated carbocycles. The molecule has 36 heavy (non-hydrogen) atoms. The van der Waals surface area contributed by atoms with Crippen molar-refractivity contribution in [3.05, 3.63) is 71.4 Å². The quantitative estimate of drug-likeness (QED) is 0.465. The number of nitrogens with zero attached hydrogens (tertiary/aromatic N) is 2. The van der Waals surface area contributed by atoms with Gasteiger partial charge in [-0.15, -0.1) is 0 Å². The minimum absolute atomic E-state index is 0.0181. The zero-order chi connectivity index (χ0) is 26.5. The maximum Gasteiger partial charge on any atom is 0.407 e. The third kappa shape index (κ3) is 6.21. The van der Waals surface area contributed by atoms with Crippen molar-refractivity contribution < 1.29 is 33.0 Å². The summed E-state index contributed by atoms with van der Waals surface area (Å²) in [5, 5.41) is 2.67. The number of aromatic nitrogens is 1. The number of rotatable bonds is 6. The Kier molecular flexibility index (Phi) is 7.98. The molecule has 10 heteroatoms. The molecule has 2 aromatic rings. The number of hydrogen-bond acceptors (Lipinski definition) is 9. The highest BCUT2D eigenvalue weighted by molar-refractivity contribution is 6.05. The summed E-state index contributed by atoms with van der Waals surface area (Å²) in [7, 11) is 2.48. The molecular formula is C26H29N3O7. The molecule has 0 fully saturated rings. The van der Waals surface area contributed by atoms with Gasteiger partial charge in [0, 0.05) is 17.5 Å². The Balaban J connectivity index is 1.85. The molecule has 0 atom stereocenters.